The monoisotopic (exact) mass is 267 g/mol. The smallest absolute Gasteiger partial charge is 0.142 e. The first-order valence-corrected chi connectivity index (χ1v) is 7.14. The Morgan fingerprint density at radius 2 is 1.55 bits per heavy atom. The number of benzene rings is 2. The highest BCUT2D eigenvalue weighted by atomic mass is 16.6. The quantitative estimate of drug-likeness (QED) is 0.563. The molecule has 0 spiro atoms. The Morgan fingerprint density at radius 3 is 2.30 bits per heavy atom. The maximum atomic E-state index is 5.37. The number of hydrogen-bond donors (Lipinski definition) is 0. The lowest BCUT2D eigenvalue weighted by atomic mass is 10.1. The molecule has 0 amide bonds. The molecule has 0 aliphatic carbocycles. The average molecular weight is 267 g/mol. The van der Waals surface area contributed by atoms with Gasteiger partial charge in [-0.25, -0.2) is 0 Å². The van der Waals surface area contributed by atoms with E-state index in [1.807, 2.05) is 12.1 Å². The highest BCUT2D eigenvalue weighted by Crippen LogP contribution is 2.08. The minimum atomic E-state index is 0.512. The van der Waals surface area contributed by atoms with Gasteiger partial charge in [0, 0.05) is 0 Å². The molecule has 0 unspecified atom stereocenters. The minimum absolute atomic E-state index is 0.512. The molecular formula is C18H21NO. The molecule has 0 bridgehead atoms. The van der Waals surface area contributed by atoms with Gasteiger partial charge < -0.3 is 4.84 Å². The van der Waals surface area contributed by atoms with Crippen LogP contribution < -0.4 is 0 Å². The summed E-state index contributed by atoms with van der Waals surface area (Å²) in [5, 5.41) is 4.04. The first kappa shape index (κ1) is 14.3. The first-order chi connectivity index (χ1) is 9.81. The van der Waals surface area contributed by atoms with Crippen LogP contribution in [0.3, 0.4) is 0 Å². The van der Waals surface area contributed by atoms with E-state index in [9.17, 15) is 0 Å². The summed E-state index contributed by atoms with van der Waals surface area (Å²) in [6, 6.07) is 16.7. The molecule has 2 nitrogen and oxygen atoms in total. The Balaban J connectivity index is 1.89. The molecule has 0 N–H and O–H groups in total. The van der Waals surface area contributed by atoms with Gasteiger partial charge in [-0.05, 0) is 35.1 Å². The molecule has 0 saturated heterocycles. The van der Waals surface area contributed by atoms with E-state index in [2.05, 4.69) is 55.4 Å². The first-order valence-electron chi connectivity index (χ1n) is 7.14. The van der Waals surface area contributed by atoms with Gasteiger partial charge in [-0.3, -0.25) is 0 Å². The molecule has 104 valence electrons. The highest BCUT2D eigenvalue weighted by molar-refractivity contribution is 5.79. The summed E-state index contributed by atoms with van der Waals surface area (Å²) < 4.78 is 0. The van der Waals surface area contributed by atoms with Crippen molar-refractivity contribution in [2.75, 3.05) is 0 Å². The minimum Gasteiger partial charge on any atom is -0.391 e. The third kappa shape index (κ3) is 4.23. The fraction of sp³-hybridized carbons (Fsp3) is 0.278. The van der Waals surface area contributed by atoms with Crippen LogP contribution in [0.2, 0.25) is 0 Å². The van der Waals surface area contributed by atoms with Crippen LogP contribution in [-0.4, -0.2) is 6.21 Å². The number of aryl methyl sites for hydroxylation is 2. The summed E-state index contributed by atoms with van der Waals surface area (Å²) in [6.45, 7) is 4.81. The lowest BCUT2D eigenvalue weighted by Gasteiger charge is -2.02. The van der Waals surface area contributed by atoms with Crippen molar-refractivity contribution in [2.45, 2.75) is 33.3 Å². The topological polar surface area (TPSA) is 21.6 Å². The summed E-state index contributed by atoms with van der Waals surface area (Å²) in [6.07, 6.45) is 3.84. The summed E-state index contributed by atoms with van der Waals surface area (Å²) in [5.74, 6) is 0. The number of rotatable bonds is 6. The van der Waals surface area contributed by atoms with Crippen molar-refractivity contribution < 1.29 is 4.84 Å². The van der Waals surface area contributed by atoms with Crippen molar-refractivity contribution in [1.29, 1.82) is 0 Å². The van der Waals surface area contributed by atoms with Crippen molar-refractivity contribution in [3.8, 4) is 0 Å². The summed E-state index contributed by atoms with van der Waals surface area (Å²) >= 11 is 0. The lowest BCUT2D eigenvalue weighted by molar-refractivity contribution is 0.132. The molecule has 0 radical (unpaired) electrons. The summed E-state index contributed by atoms with van der Waals surface area (Å²) in [4.78, 5) is 5.37. The van der Waals surface area contributed by atoms with Crippen molar-refractivity contribution >= 4 is 6.21 Å². The Morgan fingerprint density at radius 1 is 0.900 bits per heavy atom. The number of oxime groups is 1. The zero-order valence-corrected chi connectivity index (χ0v) is 12.2. The van der Waals surface area contributed by atoms with Crippen LogP contribution in [0.1, 0.15) is 36.1 Å². The zero-order chi connectivity index (χ0) is 14.2. The summed E-state index contributed by atoms with van der Waals surface area (Å²) in [5.41, 5.74) is 4.87. The largest absolute Gasteiger partial charge is 0.391 e. The predicted molar refractivity (Wildman–Crippen MR) is 84.0 cm³/mol. The molecule has 2 heteroatoms. The van der Waals surface area contributed by atoms with E-state index in [0.29, 0.717) is 6.61 Å². The molecule has 2 rings (SSSR count). The third-order valence-corrected chi connectivity index (χ3v) is 3.27. The van der Waals surface area contributed by atoms with Crippen LogP contribution in [-0.2, 0) is 24.3 Å². The second-order valence-electron chi connectivity index (χ2n) is 4.78. The van der Waals surface area contributed by atoms with Gasteiger partial charge in [-0.1, -0.05) is 67.5 Å². The average Bonchev–Trinajstić information content (AvgIpc) is 2.52. The normalized spacial score (nSPS) is 10.9. The van der Waals surface area contributed by atoms with E-state index in [1.54, 1.807) is 6.21 Å². The van der Waals surface area contributed by atoms with Gasteiger partial charge in [-0.2, -0.15) is 0 Å². The molecule has 2 aromatic rings. The number of nitrogens with zero attached hydrogens (tertiary/aromatic N) is 1. The van der Waals surface area contributed by atoms with Crippen LogP contribution in [0.25, 0.3) is 0 Å². The molecule has 0 saturated carbocycles. The second-order valence-corrected chi connectivity index (χ2v) is 4.78. The summed E-state index contributed by atoms with van der Waals surface area (Å²) in [7, 11) is 0. The van der Waals surface area contributed by atoms with Crippen LogP contribution in [0.15, 0.2) is 53.7 Å². The van der Waals surface area contributed by atoms with Gasteiger partial charge in [-0.15, -0.1) is 0 Å². The van der Waals surface area contributed by atoms with Gasteiger partial charge in [0.1, 0.15) is 6.61 Å². The van der Waals surface area contributed by atoms with E-state index in [0.717, 1.165) is 24.0 Å². The fourth-order valence-electron chi connectivity index (χ4n) is 2.04. The molecule has 0 aliphatic rings. The van der Waals surface area contributed by atoms with Crippen LogP contribution in [0.4, 0.5) is 0 Å². The van der Waals surface area contributed by atoms with Gasteiger partial charge >= 0.3 is 0 Å². The maximum absolute atomic E-state index is 5.37. The van der Waals surface area contributed by atoms with Crippen molar-refractivity contribution in [2.24, 2.45) is 5.16 Å². The lowest BCUT2D eigenvalue weighted by Crippen LogP contribution is -1.91. The third-order valence-electron chi connectivity index (χ3n) is 3.27. The van der Waals surface area contributed by atoms with Crippen LogP contribution >= 0.6 is 0 Å². The molecular weight excluding hydrogens is 246 g/mol. The van der Waals surface area contributed by atoms with Gasteiger partial charge in [0.2, 0.25) is 0 Å². The standard InChI is InChI=1S/C18H21NO/c1-3-15-7-5-9-17(11-15)13-19-20-14-18-10-6-8-16(4-2)12-18/h5-13H,3-4,14H2,1-2H3. The zero-order valence-electron chi connectivity index (χ0n) is 12.2. The molecule has 0 fully saturated rings. The van der Waals surface area contributed by atoms with E-state index in [4.69, 9.17) is 4.84 Å². The van der Waals surface area contributed by atoms with Crippen molar-refractivity contribution in [3.05, 3.63) is 70.8 Å². The Hall–Kier alpha value is -2.09. The van der Waals surface area contributed by atoms with Crippen LogP contribution in [0.5, 0.6) is 0 Å². The Labute approximate surface area is 121 Å². The van der Waals surface area contributed by atoms with E-state index in [1.165, 1.54) is 11.1 Å². The molecule has 0 heterocycles. The SMILES string of the molecule is CCc1cccc(C=NOCc2cccc(CC)c2)c1. The molecule has 0 aliphatic heterocycles. The number of hydrogen-bond acceptors (Lipinski definition) is 2. The van der Waals surface area contributed by atoms with E-state index >= 15 is 0 Å². The van der Waals surface area contributed by atoms with Gasteiger partial charge in [0.25, 0.3) is 0 Å². The van der Waals surface area contributed by atoms with Crippen molar-refractivity contribution in [3.63, 3.8) is 0 Å². The Bertz CT molecular complexity index is 575. The molecule has 20 heavy (non-hydrogen) atoms. The molecule has 0 aromatic heterocycles. The molecule has 2 aromatic carbocycles. The highest BCUT2D eigenvalue weighted by Gasteiger charge is 1.95. The fourth-order valence-corrected chi connectivity index (χ4v) is 2.04. The van der Waals surface area contributed by atoms with Gasteiger partial charge in [0.15, 0.2) is 0 Å². The van der Waals surface area contributed by atoms with E-state index in [-0.39, 0.29) is 0 Å². The van der Waals surface area contributed by atoms with E-state index < -0.39 is 0 Å². The predicted octanol–water partition coefficient (Wildman–Crippen LogP) is 4.36. The second kappa shape index (κ2) is 7.49. The molecule has 0 atom stereocenters. The maximum Gasteiger partial charge on any atom is 0.142 e. The van der Waals surface area contributed by atoms with Gasteiger partial charge in [0.05, 0.1) is 6.21 Å². The Kier molecular flexibility index (Phi) is 5.36. The van der Waals surface area contributed by atoms with Crippen molar-refractivity contribution in [1.82, 2.24) is 0 Å². The van der Waals surface area contributed by atoms with Crippen LogP contribution in [0, 0.1) is 0 Å².